The van der Waals surface area contributed by atoms with Crippen molar-refractivity contribution in [2.75, 3.05) is 7.11 Å². The third kappa shape index (κ3) is 5.64. The highest BCUT2D eigenvalue weighted by atomic mass is 19.1. The predicted octanol–water partition coefficient (Wildman–Crippen LogP) is 2.74. The number of hydrazone groups is 1. The van der Waals surface area contributed by atoms with E-state index in [1.807, 2.05) is 12.1 Å². The van der Waals surface area contributed by atoms with E-state index in [4.69, 9.17) is 4.74 Å². The third-order valence-electron chi connectivity index (χ3n) is 3.86. The fraction of sp³-hybridized carbons (Fsp3) is 0.250. The van der Waals surface area contributed by atoms with Gasteiger partial charge in [-0.25, -0.2) is 9.82 Å². The Bertz CT molecular complexity index is 819. The molecule has 142 valence electrons. The maximum atomic E-state index is 13.0. The standard InChI is InChI=1S/C20H22FN3O3/c1-13(2)18(23-19(25)14-8-10-16(21)11-9-14)20(26)24-22-12-15-6-4-5-7-17(15)27-3/h4-13,18H,1-3H3,(H,23,25)(H,24,26). The lowest BCUT2D eigenvalue weighted by Crippen LogP contribution is -2.48. The number of methoxy groups -OCH3 is 1. The van der Waals surface area contributed by atoms with Crippen LogP contribution < -0.4 is 15.5 Å². The Morgan fingerprint density at radius 3 is 2.41 bits per heavy atom. The first-order valence-corrected chi connectivity index (χ1v) is 8.44. The van der Waals surface area contributed by atoms with Gasteiger partial charge in [0.1, 0.15) is 17.6 Å². The van der Waals surface area contributed by atoms with Gasteiger partial charge in [-0.3, -0.25) is 9.59 Å². The maximum absolute atomic E-state index is 13.0. The Labute approximate surface area is 157 Å². The molecule has 0 aliphatic heterocycles. The van der Waals surface area contributed by atoms with Crippen molar-refractivity contribution in [2.24, 2.45) is 11.0 Å². The minimum absolute atomic E-state index is 0.171. The van der Waals surface area contributed by atoms with Gasteiger partial charge in [-0.05, 0) is 42.3 Å². The lowest BCUT2D eigenvalue weighted by Gasteiger charge is -2.20. The third-order valence-corrected chi connectivity index (χ3v) is 3.86. The van der Waals surface area contributed by atoms with Crippen LogP contribution in [-0.2, 0) is 4.79 Å². The van der Waals surface area contributed by atoms with Gasteiger partial charge >= 0.3 is 0 Å². The number of carbonyl (C=O) groups excluding carboxylic acids is 2. The summed E-state index contributed by atoms with van der Waals surface area (Å²) in [6.07, 6.45) is 1.47. The zero-order valence-corrected chi connectivity index (χ0v) is 15.4. The summed E-state index contributed by atoms with van der Waals surface area (Å²) >= 11 is 0. The number of nitrogens with one attached hydrogen (secondary N) is 2. The molecular formula is C20H22FN3O3. The molecule has 0 aromatic heterocycles. The highest BCUT2D eigenvalue weighted by Gasteiger charge is 2.24. The van der Waals surface area contributed by atoms with Crippen LogP contribution in [0.15, 0.2) is 53.6 Å². The summed E-state index contributed by atoms with van der Waals surface area (Å²) in [5, 5.41) is 6.59. The van der Waals surface area contributed by atoms with Crippen molar-refractivity contribution in [3.8, 4) is 5.75 Å². The number of benzene rings is 2. The highest BCUT2D eigenvalue weighted by Crippen LogP contribution is 2.14. The molecule has 0 heterocycles. The van der Waals surface area contributed by atoms with Gasteiger partial charge in [0.25, 0.3) is 11.8 Å². The average Bonchev–Trinajstić information content (AvgIpc) is 2.66. The second kappa shape index (κ2) is 9.47. The number of carbonyl (C=O) groups is 2. The van der Waals surface area contributed by atoms with E-state index in [9.17, 15) is 14.0 Å². The summed E-state index contributed by atoms with van der Waals surface area (Å²) in [5.41, 5.74) is 3.41. The van der Waals surface area contributed by atoms with Gasteiger partial charge in [0.2, 0.25) is 0 Å². The minimum atomic E-state index is -0.794. The fourth-order valence-corrected chi connectivity index (χ4v) is 2.37. The quantitative estimate of drug-likeness (QED) is 0.580. The van der Waals surface area contributed by atoms with Gasteiger partial charge in [0.15, 0.2) is 0 Å². The second-order valence-corrected chi connectivity index (χ2v) is 6.18. The Hall–Kier alpha value is -3.22. The molecule has 0 aliphatic carbocycles. The van der Waals surface area contributed by atoms with Crippen LogP contribution in [0.3, 0.4) is 0 Å². The van der Waals surface area contributed by atoms with Gasteiger partial charge in [-0.1, -0.05) is 26.0 Å². The van der Waals surface area contributed by atoms with Crippen LogP contribution in [0.25, 0.3) is 0 Å². The normalized spacial score (nSPS) is 12.0. The highest BCUT2D eigenvalue weighted by molar-refractivity contribution is 5.97. The van der Waals surface area contributed by atoms with Crippen LogP contribution in [0.4, 0.5) is 4.39 Å². The fourth-order valence-electron chi connectivity index (χ4n) is 2.37. The van der Waals surface area contributed by atoms with Crippen molar-refractivity contribution in [2.45, 2.75) is 19.9 Å². The molecule has 2 N–H and O–H groups in total. The predicted molar refractivity (Wildman–Crippen MR) is 101 cm³/mol. The zero-order valence-electron chi connectivity index (χ0n) is 15.4. The Balaban J connectivity index is 2.03. The van der Waals surface area contributed by atoms with E-state index >= 15 is 0 Å². The summed E-state index contributed by atoms with van der Waals surface area (Å²) in [5.74, 6) is -0.893. The van der Waals surface area contributed by atoms with Crippen molar-refractivity contribution in [3.63, 3.8) is 0 Å². The van der Waals surface area contributed by atoms with Crippen LogP contribution in [0, 0.1) is 11.7 Å². The average molecular weight is 371 g/mol. The van der Waals surface area contributed by atoms with Crippen molar-refractivity contribution in [1.29, 1.82) is 0 Å². The van der Waals surface area contributed by atoms with E-state index in [0.29, 0.717) is 11.3 Å². The molecule has 0 fully saturated rings. The summed E-state index contributed by atoms with van der Waals surface area (Å²) in [6, 6.07) is 11.5. The number of amides is 2. The van der Waals surface area contributed by atoms with E-state index in [1.54, 1.807) is 33.1 Å². The molecule has 0 saturated heterocycles. The molecule has 0 saturated carbocycles. The molecule has 2 amide bonds. The summed E-state index contributed by atoms with van der Waals surface area (Å²) < 4.78 is 18.2. The number of nitrogens with zero attached hydrogens (tertiary/aromatic N) is 1. The molecule has 0 bridgehead atoms. The van der Waals surface area contributed by atoms with Crippen LogP contribution in [0.1, 0.15) is 29.8 Å². The lowest BCUT2D eigenvalue weighted by molar-refractivity contribution is -0.123. The molecular weight excluding hydrogens is 349 g/mol. The molecule has 6 nitrogen and oxygen atoms in total. The first kappa shape index (κ1) is 20.1. The second-order valence-electron chi connectivity index (χ2n) is 6.18. The number of halogens is 1. The van der Waals surface area contributed by atoms with E-state index in [1.165, 1.54) is 30.5 Å². The van der Waals surface area contributed by atoms with Crippen LogP contribution in [-0.4, -0.2) is 31.2 Å². The van der Waals surface area contributed by atoms with Gasteiger partial charge < -0.3 is 10.1 Å². The number of rotatable bonds is 7. The number of hydrogen-bond acceptors (Lipinski definition) is 4. The SMILES string of the molecule is COc1ccccc1C=NNC(=O)C(NC(=O)c1ccc(F)cc1)C(C)C. The molecule has 2 rings (SSSR count). The minimum Gasteiger partial charge on any atom is -0.496 e. The molecule has 7 heteroatoms. The molecule has 2 aromatic carbocycles. The van der Waals surface area contributed by atoms with Crippen LogP contribution >= 0.6 is 0 Å². The Morgan fingerprint density at radius 2 is 1.78 bits per heavy atom. The summed E-state index contributed by atoms with van der Waals surface area (Å²) in [4.78, 5) is 24.7. The number of ether oxygens (including phenoxy) is 1. The molecule has 0 aliphatic rings. The molecule has 0 radical (unpaired) electrons. The van der Waals surface area contributed by atoms with E-state index in [2.05, 4.69) is 15.8 Å². The largest absolute Gasteiger partial charge is 0.496 e. The molecule has 1 atom stereocenters. The summed E-state index contributed by atoms with van der Waals surface area (Å²) in [6.45, 7) is 3.61. The smallest absolute Gasteiger partial charge is 0.262 e. The molecule has 0 spiro atoms. The van der Waals surface area contributed by atoms with Gasteiger partial charge in [-0.15, -0.1) is 0 Å². The van der Waals surface area contributed by atoms with Crippen molar-refractivity contribution >= 4 is 18.0 Å². The molecule has 1 unspecified atom stereocenters. The lowest BCUT2D eigenvalue weighted by atomic mass is 10.0. The number of hydrogen-bond donors (Lipinski definition) is 2. The Morgan fingerprint density at radius 1 is 1.11 bits per heavy atom. The van der Waals surface area contributed by atoms with Crippen LogP contribution in [0.5, 0.6) is 5.75 Å². The zero-order chi connectivity index (χ0) is 19.8. The monoisotopic (exact) mass is 371 g/mol. The van der Waals surface area contributed by atoms with Gasteiger partial charge in [0, 0.05) is 11.1 Å². The maximum Gasteiger partial charge on any atom is 0.262 e. The first-order valence-electron chi connectivity index (χ1n) is 8.44. The Kier molecular flexibility index (Phi) is 7.05. The van der Waals surface area contributed by atoms with Gasteiger partial charge in [-0.2, -0.15) is 5.10 Å². The summed E-state index contributed by atoms with van der Waals surface area (Å²) in [7, 11) is 1.55. The molecule has 27 heavy (non-hydrogen) atoms. The topological polar surface area (TPSA) is 79.8 Å². The van der Waals surface area contributed by atoms with Gasteiger partial charge in [0.05, 0.1) is 13.3 Å². The first-order chi connectivity index (χ1) is 12.9. The van der Waals surface area contributed by atoms with Crippen molar-refractivity contribution in [1.82, 2.24) is 10.7 Å². The van der Waals surface area contributed by atoms with Crippen molar-refractivity contribution in [3.05, 3.63) is 65.5 Å². The van der Waals surface area contributed by atoms with E-state index in [0.717, 1.165) is 0 Å². The van der Waals surface area contributed by atoms with Crippen LogP contribution in [0.2, 0.25) is 0 Å². The number of para-hydroxylation sites is 1. The van der Waals surface area contributed by atoms with Crippen molar-refractivity contribution < 1.29 is 18.7 Å². The van der Waals surface area contributed by atoms with E-state index < -0.39 is 23.7 Å². The van der Waals surface area contributed by atoms with E-state index in [-0.39, 0.29) is 11.5 Å². The molecule has 2 aromatic rings.